The summed E-state index contributed by atoms with van der Waals surface area (Å²) >= 11 is 0. The maximum Gasteiger partial charge on any atom is 0.328 e. The molecule has 2 rings (SSSR count). The Labute approximate surface area is 129 Å². The fraction of sp³-hybridized carbons (Fsp3) is 0.294. The summed E-state index contributed by atoms with van der Waals surface area (Å²) in [6.07, 6.45) is 0.955. The molecule has 0 aliphatic carbocycles. The maximum atomic E-state index is 12.0. The molecule has 0 aliphatic rings. The highest BCUT2D eigenvalue weighted by molar-refractivity contribution is 5.95. The van der Waals surface area contributed by atoms with E-state index in [-0.39, 0.29) is 5.76 Å². The Hall–Kier alpha value is -2.56. The molecule has 0 saturated heterocycles. The molecular weight excluding hydrogens is 282 g/mol. The molecule has 0 saturated carbocycles. The zero-order valence-electron chi connectivity index (χ0n) is 12.8. The van der Waals surface area contributed by atoms with E-state index in [9.17, 15) is 9.59 Å². The molecule has 2 aromatic rings. The lowest BCUT2D eigenvalue weighted by Crippen LogP contribution is -2.49. The van der Waals surface area contributed by atoms with Crippen LogP contribution in [0.3, 0.4) is 0 Å². The molecule has 0 unspecified atom stereocenters. The van der Waals surface area contributed by atoms with E-state index in [0.29, 0.717) is 5.76 Å². The van der Waals surface area contributed by atoms with E-state index in [0.717, 1.165) is 12.0 Å². The molecule has 1 heterocycles. The number of carboxylic acids is 1. The molecule has 0 fully saturated rings. The fourth-order valence-corrected chi connectivity index (χ4v) is 1.92. The molecule has 5 heteroatoms. The zero-order chi connectivity index (χ0) is 16.3. The van der Waals surface area contributed by atoms with Gasteiger partial charge in [-0.2, -0.15) is 0 Å². The Kier molecular flexibility index (Phi) is 4.35. The van der Waals surface area contributed by atoms with Crippen LogP contribution >= 0.6 is 0 Å². The number of nitrogens with one attached hydrogen (secondary N) is 1. The number of hydrogen-bond donors (Lipinski definition) is 2. The number of benzene rings is 1. The number of aliphatic carboxylic acids is 1. The molecule has 0 bridgehead atoms. The van der Waals surface area contributed by atoms with Crippen LogP contribution in [0.4, 0.5) is 0 Å². The minimum Gasteiger partial charge on any atom is -0.480 e. The maximum absolute atomic E-state index is 12.0. The van der Waals surface area contributed by atoms with Gasteiger partial charge in [-0.1, -0.05) is 31.2 Å². The molecule has 22 heavy (non-hydrogen) atoms. The minimum atomic E-state index is -1.35. The van der Waals surface area contributed by atoms with Crippen molar-refractivity contribution >= 4 is 11.9 Å². The smallest absolute Gasteiger partial charge is 0.328 e. The number of amides is 1. The predicted octanol–water partition coefficient (Wildman–Crippen LogP) is 3.10. The molecule has 2 N–H and O–H groups in total. The van der Waals surface area contributed by atoms with Crippen molar-refractivity contribution in [3.63, 3.8) is 0 Å². The van der Waals surface area contributed by atoms with Gasteiger partial charge < -0.3 is 14.8 Å². The van der Waals surface area contributed by atoms with E-state index in [1.807, 2.05) is 24.3 Å². The third kappa shape index (κ3) is 3.36. The molecule has 1 amide bonds. The summed E-state index contributed by atoms with van der Waals surface area (Å²) in [5.74, 6) is -1.00. The first kappa shape index (κ1) is 15.8. The van der Waals surface area contributed by atoms with Crippen molar-refractivity contribution in [3.05, 3.63) is 47.7 Å². The van der Waals surface area contributed by atoms with Gasteiger partial charge in [0.2, 0.25) is 0 Å². The number of carbonyl (C=O) groups excluding carboxylic acids is 1. The lowest BCUT2D eigenvalue weighted by Gasteiger charge is -2.19. The van der Waals surface area contributed by atoms with Crippen LogP contribution in [0.5, 0.6) is 0 Å². The summed E-state index contributed by atoms with van der Waals surface area (Å²) in [6.45, 7) is 4.91. The largest absolute Gasteiger partial charge is 0.480 e. The van der Waals surface area contributed by atoms with Crippen LogP contribution in [0.15, 0.2) is 40.8 Å². The van der Waals surface area contributed by atoms with E-state index in [1.54, 1.807) is 6.07 Å². The van der Waals surface area contributed by atoms with Crippen LogP contribution in [-0.4, -0.2) is 22.5 Å². The van der Waals surface area contributed by atoms with Gasteiger partial charge in [-0.15, -0.1) is 0 Å². The highest BCUT2D eigenvalue weighted by atomic mass is 16.4. The van der Waals surface area contributed by atoms with Crippen LogP contribution in [-0.2, 0) is 11.2 Å². The van der Waals surface area contributed by atoms with Crippen molar-refractivity contribution in [2.75, 3.05) is 0 Å². The van der Waals surface area contributed by atoms with Gasteiger partial charge in [-0.3, -0.25) is 4.79 Å². The van der Waals surface area contributed by atoms with Gasteiger partial charge in [-0.05, 0) is 38.0 Å². The Morgan fingerprint density at radius 2 is 1.77 bits per heavy atom. The van der Waals surface area contributed by atoms with E-state index in [4.69, 9.17) is 9.52 Å². The fourth-order valence-electron chi connectivity index (χ4n) is 1.92. The second kappa shape index (κ2) is 6.05. The van der Waals surface area contributed by atoms with Crippen molar-refractivity contribution in [1.82, 2.24) is 5.32 Å². The van der Waals surface area contributed by atoms with E-state index in [2.05, 4.69) is 12.2 Å². The number of carbonyl (C=O) groups is 2. The normalized spacial score (nSPS) is 11.2. The molecule has 116 valence electrons. The first-order chi connectivity index (χ1) is 10.3. The lowest BCUT2D eigenvalue weighted by atomic mass is 10.1. The third-order valence-electron chi connectivity index (χ3n) is 3.44. The quantitative estimate of drug-likeness (QED) is 0.889. The number of hydrogen-bond acceptors (Lipinski definition) is 3. The first-order valence-corrected chi connectivity index (χ1v) is 7.08. The Morgan fingerprint density at radius 3 is 2.32 bits per heavy atom. The van der Waals surface area contributed by atoms with Crippen molar-refractivity contribution in [1.29, 1.82) is 0 Å². The molecule has 0 atom stereocenters. The molecule has 1 aromatic heterocycles. The summed E-state index contributed by atoms with van der Waals surface area (Å²) in [7, 11) is 0. The van der Waals surface area contributed by atoms with E-state index >= 15 is 0 Å². The SMILES string of the molecule is CCc1ccc(-c2ccc(C(=O)NC(C)(C)C(=O)O)o2)cc1. The Bertz CT molecular complexity index is 683. The molecule has 0 spiro atoms. The topological polar surface area (TPSA) is 79.5 Å². The number of furan rings is 1. The molecule has 0 aliphatic heterocycles. The second-order valence-corrected chi connectivity index (χ2v) is 5.60. The summed E-state index contributed by atoms with van der Waals surface area (Å²) in [5, 5.41) is 11.4. The molecule has 5 nitrogen and oxygen atoms in total. The van der Waals surface area contributed by atoms with Crippen molar-refractivity contribution in [2.24, 2.45) is 0 Å². The highest BCUT2D eigenvalue weighted by Gasteiger charge is 2.30. The molecule has 1 aromatic carbocycles. The van der Waals surface area contributed by atoms with Gasteiger partial charge in [0, 0.05) is 5.56 Å². The number of rotatable bonds is 5. The zero-order valence-corrected chi connectivity index (χ0v) is 12.8. The van der Waals surface area contributed by atoms with Crippen LogP contribution in [0.25, 0.3) is 11.3 Å². The molecular formula is C17H19NO4. The van der Waals surface area contributed by atoms with Crippen molar-refractivity contribution in [2.45, 2.75) is 32.7 Å². The van der Waals surface area contributed by atoms with E-state index < -0.39 is 17.4 Å². The van der Waals surface area contributed by atoms with Crippen molar-refractivity contribution in [3.8, 4) is 11.3 Å². The van der Waals surface area contributed by atoms with Crippen LogP contribution in [0.1, 0.15) is 36.9 Å². The van der Waals surface area contributed by atoms with E-state index in [1.165, 1.54) is 25.5 Å². The van der Waals surface area contributed by atoms with Gasteiger partial charge in [-0.25, -0.2) is 4.79 Å². The number of aryl methyl sites for hydroxylation is 1. The van der Waals surface area contributed by atoms with Gasteiger partial charge in [0.05, 0.1) is 0 Å². The van der Waals surface area contributed by atoms with Gasteiger partial charge in [0.1, 0.15) is 11.3 Å². The predicted molar refractivity (Wildman–Crippen MR) is 82.7 cm³/mol. The average Bonchev–Trinajstić information content (AvgIpc) is 2.96. The van der Waals surface area contributed by atoms with Gasteiger partial charge in [0.15, 0.2) is 5.76 Å². The minimum absolute atomic E-state index is 0.0869. The monoisotopic (exact) mass is 301 g/mol. The standard InChI is InChI=1S/C17H19NO4/c1-4-11-5-7-12(8-6-11)13-9-10-14(22-13)15(19)18-17(2,3)16(20)21/h5-10H,4H2,1-3H3,(H,18,19)(H,20,21). The lowest BCUT2D eigenvalue weighted by molar-refractivity contribution is -0.143. The Morgan fingerprint density at radius 1 is 1.14 bits per heavy atom. The van der Waals surface area contributed by atoms with Gasteiger partial charge in [0.25, 0.3) is 5.91 Å². The van der Waals surface area contributed by atoms with Crippen LogP contribution in [0, 0.1) is 0 Å². The molecule has 0 radical (unpaired) electrons. The highest BCUT2D eigenvalue weighted by Crippen LogP contribution is 2.23. The second-order valence-electron chi connectivity index (χ2n) is 5.60. The summed E-state index contributed by atoms with van der Waals surface area (Å²) < 4.78 is 5.53. The first-order valence-electron chi connectivity index (χ1n) is 7.08. The third-order valence-corrected chi connectivity index (χ3v) is 3.44. The summed E-state index contributed by atoms with van der Waals surface area (Å²) in [4.78, 5) is 23.1. The average molecular weight is 301 g/mol. The summed E-state index contributed by atoms with van der Waals surface area (Å²) in [6, 6.07) is 11.1. The Balaban J connectivity index is 2.17. The van der Waals surface area contributed by atoms with Crippen LogP contribution in [0.2, 0.25) is 0 Å². The van der Waals surface area contributed by atoms with Crippen molar-refractivity contribution < 1.29 is 19.1 Å². The van der Waals surface area contributed by atoms with Gasteiger partial charge >= 0.3 is 5.97 Å². The number of carboxylic acid groups (broad SMARTS) is 1. The summed E-state index contributed by atoms with van der Waals surface area (Å²) in [5.41, 5.74) is 0.734. The van der Waals surface area contributed by atoms with Crippen LogP contribution < -0.4 is 5.32 Å².